The minimum absolute atomic E-state index is 0.00759. The Hall–Kier alpha value is -2.62. The number of carbonyl (C=O) groups excluding carboxylic acids is 1. The molecule has 1 amide bonds. The first-order chi connectivity index (χ1) is 13.1. The summed E-state index contributed by atoms with van der Waals surface area (Å²) in [5, 5.41) is 3.03. The van der Waals surface area contributed by atoms with E-state index in [4.69, 9.17) is 4.98 Å². The molecule has 0 aliphatic rings. The molecule has 4 heteroatoms. The summed E-state index contributed by atoms with van der Waals surface area (Å²) in [7, 11) is 0. The van der Waals surface area contributed by atoms with Gasteiger partial charge in [-0.2, -0.15) is 0 Å². The molecule has 1 aromatic heterocycles. The van der Waals surface area contributed by atoms with Crippen LogP contribution in [-0.2, 0) is 13.0 Å². The van der Waals surface area contributed by atoms with Crippen LogP contribution in [-0.4, -0.2) is 22.0 Å². The molecule has 27 heavy (non-hydrogen) atoms. The number of benzene rings is 2. The molecule has 0 saturated heterocycles. The Balaban J connectivity index is 1.63. The zero-order valence-corrected chi connectivity index (χ0v) is 16.5. The van der Waals surface area contributed by atoms with E-state index in [1.54, 1.807) is 0 Å². The molecule has 3 aromatic rings. The Morgan fingerprint density at radius 3 is 2.78 bits per heavy atom. The Morgan fingerprint density at radius 2 is 2.00 bits per heavy atom. The number of amides is 1. The number of rotatable bonds is 8. The van der Waals surface area contributed by atoms with Gasteiger partial charge in [0, 0.05) is 25.1 Å². The summed E-state index contributed by atoms with van der Waals surface area (Å²) in [5.74, 6) is 1.72. The van der Waals surface area contributed by atoms with E-state index in [1.165, 1.54) is 5.52 Å². The van der Waals surface area contributed by atoms with Gasteiger partial charge in [-0.25, -0.2) is 4.98 Å². The Labute approximate surface area is 161 Å². The monoisotopic (exact) mass is 363 g/mol. The van der Waals surface area contributed by atoms with Crippen LogP contribution in [0.2, 0.25) is 0 Å². The second-order valence-corrected chi connectivity index (χ2v) is 7.37. The summed E-state index contributed by atoms with van der Waals surface area (Å²) in [6.45, 7) is 8.14. The Bertz CT molecular complexity index is 913. The first-order valence-corrected chi connectivity index (χ1v) is 9.87. The van der Waals surface area contributed by atoms with Crippen molar-refractivity contribution in [3.8, 4) is 0 Å². The minimum atomic E-state index is -0.00759. The average Bonchev–Trinajstić information content (AvgIpc) is 3.02. The lowest BCUT2D eigenvalue weighted by atomic mass is 10.1. The van der Waals surface area contributed by atoms with Crippen molar-refractivity contribution < 1.29 is 4.79 Å². The average molecular weight is 364 g/mol. The molecule has 0 fully saturated rings. The zero-order chi connectivity index (χ0) is 19.2. The summed E-state index contributed by atoms with van der Waals surface area (Å²) < 4.78 is 2.35. The quantitative estimate of drug-likeness (QED) is 0.587. The van der Waals surface area contributed by atoms with Crippen molar-refractivity contribution in [2.45, 2.75) is 46.6 Å². The highest BCUT2D eigenvalue weighted by Crippen LogP contribution is 2.19. The standard InChI is InChI=1S/C23H29N3O/c1-4-17(2)16-26-21-12-6-5-11-20(21)25-22(26)13-8-14-24-23(27)19-10-7-9-18(3)15-19/h5-7,9-12,15,17H,4,8,13-14,16H2,1-3H3,(H,24,27). The van der Waals surface area contributed by atoms with Crippen LogP contribution in [0.25, 0.3) is 11.0 Å². The summed E-state index contributed by atoms with van der Waals surface area (Å²) in [6, 6.07) is 16.0. The maximum atomic E-state index is 12.3. The highest BCUT2D eigenvalue weighted by Gasteiger charge is 2.12. The van der Waals surface area contributed by atoms with E-state index in [0.29, 0.717) is 12.5 Å². The number of nitrogens with zero attached hydrogens (tertiary/aromatic N) is 2. The third-order valence-electron chi connectivity index (χ3n) is 5.07. The lowest BCUT2D eigenvalue weighted by Crippen LogP contribution is -2.25. The number of para-hydroxylation sites is 2. The Kier molecular flexibility index (Phi) is 6.28. The number of imidazole rings is 1. The number of carbonyl (C=O) groups is 1. The third-order valence-corrected chi connectivity index (χ3v) is 5.07. The van der Waals surface area contributed by atoms with Crippen molar-refractivity contribution in [2.75, 3.05) is 6.54 Å². The van der Waals surface area contributed by atoms with Gasteiger partial charge in [-0.1, -0.05) is 50.1 Å². The fourth-order valence-corrected chi connectivity index (χ4v) is 3.30. The van der Waals surface area contributed by atoms with Crippen molar-refractivity contribution in [2.24, 2.45) is 5.92 Å². The smallest absolute Gasteiger partial charge is 0.251 e. The van der Waals surface area contributed by atoms with E-state index in [9.17, 15) is 4.79 Å². The number of nitrogens with one attached hydrogen (secondary N) is 1. The van der Waals surface area contributed by atoms with Crippen LogP contribution >= 0.6 is 0 Å². The molecule has 3 rings (SSSR count). The number of aryl methyl sites for hydroxylation is 2. The van der Waals surface area contributed by atoms with Gasteiger partial charge >= 0.3 is 0 Å². The highest BCUT2D eigenvalue weighted by atomic mass is 16.1. The molecule has 0 radical (unpaired) electrons. The fraction of sp³-hybridized carbons (Fsp3) is 0.391. The maximum Gasteiger partial charge on any atom is 0.251 e. The van der Waals surface area contributed by atoms with Crippen LogP contribution in [0.4, 0.5) is 0 Å². The Morgan fingerprint density at radius 1 is 1.19 bits per heavy atom. The molecule has 0 spiro atoms. The predicted molar refractivity (Wildman–Crippen MR) is 111 cm³/mol. The summed E-state index contributed by atoms with van der Waals surface area (Å²) in [6.07, 6.45) is 2.89. The summed E-state index contributed by atoms with van der Waals surface area (Å²) in [5.41, 5.74) is 4.08. The lowest BCUT2D eigenvalue weighted by Gasteiger charge is -2.14. The number of aromatic nitrogens is 2. The molecule has 2 aromatic carbocycles. The van der Waals surface area contributed by atoms with Crippen LogP contribution in [0.15, 0.2) is 48.5 Å². The third kappa shape index (κ3) is 4.76. The van der Waals surface area contributed by atoms with E-state index >= 15 is 0 Å². The molecular weight excluding hydrogens is 334 g/mol. The zero-order valence-electron chi connectivity index (χ0n) is 16.5. The second-order valence-electron chi connectivity index (χ2n) is 7.37. The van der Waals surface area contributed by atoms with Gasteiger partial charge in [0.15, 0.2) is 0 Å². The second kappa shape index (κ2) is 8.85. The number of hydrogen-bond donors (Lipinski definition) is 1. The molecule has 1 N–H and O–H groups in total. The minimum Gasteiger partial charge on any atom is -0.352 e. The van der Waals surface area contributed by atoms with Crippen LogP contribution in [0.3, 0.4) is 0 Å². The largest absolute Gasteiger partial charge is 0.352 e. The van der Waals surface area contributed by atoms with Gasteiger partial charge in [0.05, 0.1) is 11.0 Å². The first kappa shape index (κ1) is 19.2. The van der Waals surface area contributed by atoms with E-state index in [2.05, 4.69) is 41.9 Å². The number of hydrogen-bond acceptors (Lipinski definition) is 2. The van der Waals surface area contributed by atoms with Gasteiger partial charge in [-0.3, -0.25) is 4.79 Å². The molecule has 4 nitrogen and oxygen atoms in total. The lowest BCUT2D eigenvalue weighted by molar-refractivity contribution is 0.0953. The van der Waals surface area contributed by atoms with Gasteiger partial charge < -0.3 is 9.88 Å². The molecule has 142 valence electrons. The molecule has 1 heterocycles. The van der Waals surface area contributed by atoms with Crippen LogP contribution in [0, 0.1) is 12.8 Å². The van der Waals surface area contributed by atoms with E-state index in [0.717, 1.165) is 48.3 Å². The van der Waals surface area contributed by atoms with Crippen molar-refractivity contribution in [1.82, 2.24) is 14.9 Å². The number of fused-ring (bicyclic) bond motifs is 1. The van der Waals surface area contributed by atoms with E-state index in [-0.39, 0.29) is 5.91 Å². The van der Waals surface area contributed by atoms with Crippen molar-refractivity contribution in [1.29, 1.82) is 0 Å². The van der Waals surface area contributed by atoms with Crippen molar-refractivity contribution in [3.63, 3.8) is 0 Å². The summed E-state index contributed by atoms with van der Waals surface area (Å²) in [4.78, 5) is 17.1. The van der Waals surface area contributed by atoms with Gasteiger partial charge in [-0.15, -0.1) is 0 Å². The molecule has 0 aliphatic heterocycles. The van der Waals surface area contributed by atoms with Crippen LogP contribution < -0.4 is 5.32 Å². The molecular formula is C23H29N3O. The first-order valence-electron chi connectivity index (χ1n) is 9.87. The normalized spacial score (nSPS) is 12.3. The van der Waals surface area contributed by atoms with Gasteiger partial charge in [0.25, 0.3) is 5.91 Å². The van der Waals surface area contributed by atoms with Gasteiger partial charge in [0.1, 0.15) is 5.82 Å². The molecule has 0 saturated carbocycles. The van der Waals surface area contributed by atoms with E-state index in [1.807, 2.05) is 37.3 Å². The summed E-state index contributed by atoms with van der Waals surface area (Å²) >= 11 is 0. The van der Waals surface area contributed by atoms with Crippen LogP contribution in [0.1, 0.15) is 48.4 Å². The molecule has 1 unspecified atom stereocenters. The van der Waals surface area contributed by atoms with Gasteiger partial charge in [0.2, 0.25) is 0 Å². The van der Waals surface area contributed by atoms with Gasteiger partial charge in [-0.05, 0) is 43.5 Å². The fourth-order valence-electron chi connectivity index (χ4n) is 3.30. The SMILES string of the molecule is CCC(C)Cn1c(CCCNC(=O)c2cccc(C)c2)nc2ccccc21. The van der Waals surface area contributed by atoms with Crippen LogP contribution in [0.5, 0.6) is 0 Å². The molecule has 0 aliphatic carbocycles. The highest BCUT2D eigenvalue weighted by molar-refractivity contribution is 5.94. The van der Waals surface area contributed by atoms with Crippen molar-refractivity contribution in [3.05, 3.63) is 65.5 Å². The maximum absolute atomic E-state index is 12.3. The predicted octanol–water partition coefficient (Wildman–Crippen LogP) is 4.75. The van der Waals surface area contributed by atoms with Crippen molar-refractivity contribution >= 4 is 16.9 Å². The molecule has 0 bridgehead atoms. The topological polar surface area (TPSA) is 46.9 Å². The van der Waals surface area contributed by atoms with E-state index < -0.39 is 0 Å². The molecule has 1 atom stereocenters.